The topological polar surface area (TPSA) is 130 Å². The minimum absolute atomic E-state index is 0.133. The Morgan fingerprint density at radius 2 is 1.90 bits per heavy atom. The molecule has 10 nitrogen and oxygen atoms in total. The lowest BCUT2D eigenvalue weighted by Gasteiger charge is -2.27. The van der Waals surface area contributed by atoms with Crippen molar-refractivity contribution in [1.29, 1.82) is 0 Å². The molecule has 0 unspecified atom stereocenters. The number of nitrogens with two attached hydrogens (primary N) is 1. The molecule has 3 aromatic rings. The molecule has 0 aliphatic carbocycles. The van der Waals surface area contributed by atoms with Crippen molar-refractivity contribution < 1.29 is 19.1 Å². The van der Waals surface area contributed by atoms with Gasteiger partial charge in [0.1, 0.15) is 19.0 Å². The van der Waals surface area contributed by atoms with E-state index in [9.17, 15) is 14.4 Å². The number of anilines is 1. The second kappa shape index (κ2) is 8.92. The number of carbonyl (C=O) groups excluding carboxylic acids is 2. The molecular formula is C21H21N5O5. The molecule has 160 valence electrons. The van der Waals surface area contributed by atoms with E-state index < -0.39 is 17.4 Å². The standard InChI is InChI=1S/C21H21N5O5/c22-17(27)12-26-19(24-16-4-2-1-3-15(16)20(26)28)13-31-21(29)14-5-6-18(23-11-14)25-7-9-30-10-8-25/h1-6,11H,7-10,12-13H2,(H2,22,27). The van der Waals surface area contributed by atoms with E-state index in [4.69, 9.17) is 15.2 Å². The van der Waals surface area contributed by atoms with Crippen LogP contribution in [0.15, 0.2) is 47.4 Å². The number of rotatable bonds is 6. The van der Waals surface area contributed by atoms with Gasteiger partial charge in [-0.3, -0.25) is 14.2 Å². The van der Waals surface area contributed by atoms with Gasteiger partial charge in [-0.2, -0.15) is 0 Å². The lowest BCUT2D eigenvalue weighted by atomic mass is 10.2. The molecule has 10 heteroatoms. The summed E-state index contributed by atoms with van der Waals surface area (Å²) in [6.45, 7) is 2.09. The molecule has 0 bridgehead atoms. The van der Waals surface area contributed by atoms with Crippen molar-refractivity contribution in [2.75, 3.05) is 31.2 Å². The zero-order valence-electron chi connectivity index (χ0n) is 16.7. The molecule has 1 fully saturated rings. The molecule has 4 rings (SSSR count). The number of primary amides is 1. The molecule has 1 aliphatic rings. The fourth-order valence-electron chi connectivity index (χ4n) is 3.34. The zero-order valence-corrected chi connectivity index (χ0v) is 16.7. The van der Waals surface area contributed by atoms with Gasteiger partial charge in [-0.25, -0.2) is 14.8 Å². The van der Waals surface area contributed by atoms with Crippen molar-refractivity contribution in [3.63, 3.8) is 0 Å². The zero-order chi connectivity index (χ0) is 21.8. The van der Waals surface area contributed by atoms with Crippen LogP contribution in [0.1, 0.15) is 16.2 Å². The Morgan fingerprint density at radius 1 is 1.13 bits per heavy atom. The molecule has 0 radical (unpaired) electrons. The number of para-hydroxylation sites is 1. The van der Waals surface area contributed by atoms with Crippen LogP contribution in [0, 0.1) is 0 Å². The van der Waals surface area contributed by atoms with Crippen LogP contribution < -0.4 is 16.2 Å². The number of hydrogen-bond donors (Lipinski definition) is 1. The van der Waals surface area contributed by atoms with E-state index in [1.54, 1.807) is 36.4 Å². The van der Waals surface area contributed by atoms with Crippen molar-refractivity contribution in [2.45, 2.75) is 13.2 Å². The summed E-state index contributed by atoms with van der Waals surface area (Å²) in [6, 6.07) is 10.1. The predicted octanol–water partition coefficient (Wildman–Crippen LogP) is 0.470. The Balaban J connectivity index is 1.52. The maximum Gasteiger partial charge on any atom is 0.340 e. The molecule has 1 saturated heterocycles. The number of fused-ring (bicyclic) bond motifs is 1. The minimum Gasteiger partial charge on any atom is -0.454 e. The average molecular weight is 423 g/mol. The maximum atomic E-state index is 12.7. The summed E-state index contributed by atoms with van der Waals surface area (Å²) in [5, 5.41) is 0.349. The number of ether oxygens (including phenoxy) is 2. The summed E-state index contributed by atoms with van der Waals surface area (Å²) >= 11 is 0. The van der Waals surface area contributed by atoms with Gasteiger partial charge in [0, 0.05) is 19.3 Å². The van der Waals surface area contributed by atoms with E-state index in [0.717, 1.165) is 23.5 Å². The molecule has 2 aromatic heterocycles. The second-order valence-corrected chi connectivity index (χ2v) is 6.98. The molecule has 1 aromatic carbocycles. The van der Waals surface area contributed by atoms with E-state index in [1.165, 1.54) is 6.20 Å². The second-order valence-electron chi connectivity index (χ2n) is 6.98. The highest BCUT2D eigenvalue weighted by Gasteiger charge is 2.17. The summed E-state index contributed by atoms with van der Waals surface area (Å²) in [7, 11) is 0. The first-order chi connectivity index (χ1) is 15.0. The Bertz CT molecular complexity index is 1170. The summed E-state index contributed by atoms with van der Waals surface area (Å²) in [6.07, 6.45) is 1.44. The fourth-order valence-corrected chi connectivity index (χ4v) is 3.34. The SMILES string of the molecule is NC(=O)Cn1c(COC(=O)c2ccc(N3CCOCC3)nc2)nc2ccccc2c1=O. The van der Waals surface area contributed by atoms with Crippen LogP contribution in [0.5, 0.6) is 0 Å². The summed E-state index contributed by atoms with van der Waals surface area (Å²) in [5.74, 6) is -0.427. The molecule has 0 atom stereocenters. The van der Waals surface area contributed by atoms with Crippen molar-refractivity contribution in [1.82, 2.24) is 14.5 Å². The molecule has 2 N–H and O–H groups in total. The van der Waals surface area contributed by atoms with E-state index in [0.29, 0.717) is 24.1 Å². The smallest absolute Gasteiger partial charge is 0.340 e. The van der Waals surface area contributed by atoms with Crippen LogP contribution in [0.25, 0.3) is 10.9 Å². The van der Waals surface area contributed by atoms with Gasteiger partial charge >= 0.3 is 5.97 Å². The van der Waals surface area contributed by atoms with Gasteiger partial charge in [-0.15, -0.1) is 0 Å². The quantitative estimate of drug-likeness (QED) is 0.567. The Labute approximate surface area is 177 Å². The fraction of sp³-hybridized carbons (Fsp3) is 0.286. The van der Waals surface area contributed by atoms with Crippen LogP contribution in [-0.2, 0) is 27.4 Å². The van der Waals surface area contributed by atoms with Crippen molar-refractivity contribution in [3.8, 4) is 0 Å². The highest BCUT2D eigenvalue weighted by molar-refractivity contribution is 5.89. The maximum absolute atomic E-state index is 12.7. The van der Waals surface area contributed by atoms with Crippen LogP contribution in [0.4, 0.5) is 5.82 Å². The molecule has 31 heavy (non-hydrogen) atoms. The Kier molecular flexibility index (Phi) is 5.89. The van der Waals surface area contributed by atoms with Crippen molar-refractivity contribution in [2.24, 2.45) is 5.73 Å². The summed E-state index contributed by atoms with van der Waals surface area (Å²) < 4.78 is 11.8. The third kappa shape index (κ3) is 4.53. The molecule has 1 aliphatic heterocycles. The first-order valence-corrected chi connectivity index (χ1v) is 9.75. The van der Waals surface area contributed by atoms with Crippen LogP contribution >= 0.6 is 0 Å². The van der Waals surface area contributed by atoms with Crippen molar-refractivity contribution >= 4 is 28.6 Å². The Morgan fingerprint density at radius 3 is 2.61 bits per heavy atom. The third-order valence-electron chi connectivity index (χ3n) is 4.91. The number of amides is 1. The van der Waals surface area contributed by atoms with Gasteiger partial charge in [0.2, 0.25) is 5.91 Å². The first kappa shape index (κ1) is 20.5. The van der Waals surface area contributed by atoms with Gasteiger partial charge in [-0.05, 0) is 24.3 Å². The minimum atomic E-state index is -0.699. The number of esters is 1. The third-order valence-corrected chi connectivity index (χ3v) is 4.91. The van der Waals surface area contributed by atoms with Crippen molar-refractivity contribution in [3.05, 3.63) is 64.3 Å². The van der Waals surface area contributed by atoms with E-state index >= 15 is 0 Å². The molecule has 0 saturated carbocycles. The monoisotopic (exact) mass is 423 g/mol. The lowest BCUT2D eigenvalue weighted by Crippen LogP contribution is -2.36. The lowest BCUT2D eigenvalue weighted by molar-refractivity contribution is -0.118. The van der Waals surface area contributed by atoms with E-state index in [2.05, 4.69) is 14.9 Å². The Hall–Kier alpha value is -3.79. The number of nitrogens with zero attached hydrogens (tertiary/aromatic N) is 4. The van der Waals surface area contributed by atoms with Crippen LogP contribution in [0.2, 0.25) is 0 Å². The normalized spacial score (nSPS) is 13.9. The predicted molar refractivity (Wildman–Crippen MR) is 112 cm³/mol. The summed E-state index contributed by atoms with van der Waals surface area (Å²) in [4.78, 5) is 47.4. The number of aromatic nitrogens is 3. The average Bonchev–Trinajstić information content (AvgIpc) is 2.80. The summed E-state index contributed by atoms with van der Waals surface area (Å²) in [5.41, 5.74) is 5.56. The molecular weight excluding hydrogens is 402 g/mol. The first-order valence-electron chi connectivity index (χ1n) is 9.75. The highest BCUT2D eigenvalue weighted by atomic mass is 16.5. The van der Waals surface area contributed by atoms with Gasteiger partial charge in [0.05, 0.1) is 29.7 Å². The highest BCUT2D eigenvalue weighted by Crippen LogP contribution is 2.14. The number of hydrogen-bond acceptors (Lipinski definition) is 8. The largest absolute Gasteiger partial charge is 0.454 e. The molecule has 3 heterocycles. The van der Waals surface area contributed by atoms with Gasteiger partial charge in [0.25, 0.3) is 5.56 Å². The van der Waals surface area contributed by atoms with Crippen LogP contribution in [-0.4, -0.2) is 52.7 Å². The van der Waals surface area contributed by atoms with Gasteiger partial charge < -0.3 is 20.1 Å². The van der Waals surface area contributed by atoms with E-state index in [1.807, 2.05) is 0 Å². The van der Waals surface area contributed by atoms with Gasteiger partial charge in [0.15, 0.2) is 5.82 Å². The number of carbonyl (C=O) groups is 2. The number of morpholine rings is 1. The van der Waals surface area contributed by atoms with Gasteiger partial charge in [-0.1, -0.05) is 12.1 Å². The number of benzene rings is 1. The van der Waals surface area contributed by atoms with E-state index in [-0.39, 0.29) is 24.5 Å². The number of pyridine rings is 1. The molecule has 1 amide bonds. The molecule has 0 spiro atoms. The van der Waals surface area contributed by atoms with Crippen LogP contribution in [0.3, 0.4) is 0 Å².